The SMILES string of the molecule is CC/C=C\C/C=C\C/C=C\C/C=C\CCCCCCC(=O)OC[C@H](COC(=O)CCCCCCC/C=C\C/C=C\C/C=C\CC)OC(=O)CCCCC/C=C\C/C=C\C/C=C\C/C=C\CCCCC. The monoisotopic (exact) mass is 953 g/mol. The van der Waals surface area contributed by atoms with Crippen LogP contribution in [0, 0.1) is 0 Å². The molecule has 0 spiro atoms. The number of hydrogen-bond donors (Lipinski definition) is 0. The van der Waals surface area contributed by atoms with Crippen molar-refractivity contribution in [1.29, 1.82) is 0 Å². The molecule has 0 unspecified atom stereocenters. The Morgan fingerprint density at radius 2 is 0.565 bits per heavy atom. The first-order valence-corrected chi connectivity index (χ1v) is 27.7. The van der Waals surface area contributed by atoms with Gasteiger partial charge in [-0.2, -0.15) is 0 Å². The lowest BCUT2D eigenvalue weighted by Gasteiger charge is -2.18. The van der Waals surface area contributed by atoms with Gasteiger partial charge in [0.2, 0.25) is 0 Å². The molecule has 0 fully saturated rings. The summed E-state index contributed by atoms with van der Waals surface area (Å²) in [5, 5.41) is 0. The maximum absolute atomic E-state index is 12.8. The summed E-state index contributed by atoms with van der Waals surface area (Å²) in [5.41, 5.74) is 0. The van der Waals surface area contributed by atoms with Crippen LogP contribution >= 0.6 is 0 Å². The average Bonchev–Trinajstić information content (AvgIpc) is 3.35. The Kier molecular flexibility index (Phi) is 52.5. The summed E-state index contributed by atoms with van der Waals surface area (Å²) in [6.45, 7) is 6.31. The summed E-state index contributed by atoms with van der Waals surface area (Å²) in [6, 6.07) is 0. The average molecular weight is 953 g/mol. The van der Waals surface area contributed by atoms with Crippen LogP contribution in [0.3, 0.4) is 0 Å². The van der Waals surface area contributed by atoms with Crippen molar-refractivity contribution in [3.8, 4) is 0 Å². The standard InChI is InChI=1S/C63H100O6/c1-4-7-10-13-16-19-22-25-28-30-31-33-36-39-42-45-48-51-54-57-63(66)69-60(58-67-61(64)55-52-49-46-43-40-37-34-27-24-21-18-15-12-9-6-3)59-68-62(65)56-53-50-47-44-41-38-35-32-29-26-23-20-17-14-11-8-5-2/h8-9,11-12,16-21,25-29,31,33-35,38-39,42,60H,4-7,10,13-15,22-24,30,32,36-37,40-41,43-59H2,1-3H3/b11-8-,12-9-,19-16-,20-17-,21-18-,28-25-,29-26-,33-31-,34-27-,38-35-,42-39-/t60-/m0/s1. The Balaban J connectivity index is 4.55. The molecule has 0 bridgehead atoms. The number of unbranched alkanes of at least 4 members (excludes halogenated alkanes) is 15. The second-order valence-corrected chi connectivity index (χ2v) is 17.7. The number of esters is 3. The molecule has 0 N–H and O–H groups in total. The smallest absolute Gasteiger partial charge is 0.306 e. The molecule has 0 aromatic carbocycles. The van der Waals surface area contributed by atoms with E-state index in [2.05, 4.69) is 154 Å². The molecule has 6 heteroatoms. The minimum atomic E-state index is -0.818. The summed E-state index contributed by atoms with van der Waals surface area (Å²) >= 11 is 0. The van der Waals surface area contributed by atoms with Gasteiger partial charge in [-0.3, -0.25) is 14.4 Å². The first-order valence-electron chi connectivity index (χ1n) is 27.7. The fourth-order valence-corrected chi connectivity index (χ4v) is 7.02. The van der Waals surface area contributed by atoms with Crippen molar-refractivity contribution in [1.82, 2.24) is 0 Å². The normalized spacial score (nSPS) is 13.1. The van der Waals surface area contributed by atoms with Gasteiger partial charge in [0.1, 0.15) is 13.2 Å². The summed E-state index contributed by atoms with van der Waals surface area (Å²) in [5.74, 6) is -0.990. The van der Waals surface area contributed by atoms with E-state index < -0.39 is 6.10 Å². The third-order valence-corrected chi connectivity index (χ3v) is 11.1. The highest BCUT2D eigenvalue weighted by molar-refractivity contribution is 5.71. The van der Waals surface area contributed by atoms with Gasteiger partial charge in [0, 0.05) is 19.3 Å². The molecule has 0 saturated carbocycles. The minimum Gasteiger partial charge on any atom is -0.462 e. The molecule has 0 radical (unpaired) electrons. The Bertz CT molecular complexity index is 1510. The van der Waals surface area contributed by atoms with Crippen molar-refractivity contribution in [2.24, 2.45) is 0 Å². The zero-order valence-corrected chi connectivity index (χ0v) is 44.3. The summed E-state index contributed by atoms with van der Waals surface area (Å²) in [4.78, 5) is 38.1. The highest BCUT2D eigenvalue weighted by Crippen LogP contribution is 2.12. The molecule has 0 heterocycles. The van der Waals surface area contributed by atoms with E-state index in [1.54, 1.807) is 0 Å². The zero-order chi connectivity index (χ0) is 50.0. The van der Waals surface area contributed by atoms with Gasteiger partial charge in [0.15, 0.2) is 6.10 Å². The van der Waals surface area contributed by atoms with E-state index in [4.69, 9.17) is 14.2 Å². The van der Waals surface area contributed by atoms with Crippen molar-refractivity contribution in [3.05, 3.63) is 134 Å². The summed E-state index contributed by atoms with van der Waals surface area (Å²) in [6.07, 6.45) is 78.6. The molecule has 0 saturated heterocycles. The van der Waals surface area contributed by atoms with Gasteiger partial charge in [0.25, 0.3) is 0 Å². The van der Waals surface area contributed by atoms with Gasteiger partial charge in [-0.15, -0.1) is 0 Å². The zero-order valence-electron chi connectivity index (χ0n) is 44.3. The predicted molar refractivity (Wildman–Crippen MR) is 297 cm³/mol. The highest BCUT2D eigenvalue weighted by Gasteiger charge is 2.19. The fraction of sp³-hybridized carbons (Fsp3) is 0.603. The molecule has 1 atom stereocenters. The van der Waals surface area contributed by atoms with Crippen LogP contribution in [-0.4, -0.2) is 37.2 Å². The maximum atomic E-state index is 12.8. The second kappa shape index (κ2) is 56.1. The van der Waals surface area contributed by atoms with Gasteiger partial charge in [-0.25, -0.2) is 0 Å². The van der Waals surface area contributed by atoms with E-state index in [-0.39, 0.29) is 37.5 Å². The molecule has 0 aliphatic rings. The number of carbonyl (C=O) groups is 3. The molecular formula is C63H100O6. The van der Waals surface area contributed by atoms with E-state index in [0.29, 0.717) is 19.3 Å². The minimum absolute atomic E-state index is 0.113. The van der Waals surface area contributed by atoms with Gasteiger partial charge < -0.3 is 14.2 Å². The van der Waals surface area contributed by atoms with Crippen LogP contribution in [0.5, 0.6) is 0 Å². The van der Waals surface area contributed by atoms with Gasteiger partial charge in [-0.1, -0.05) is 206 Å². The quantitative estimate of drug-likeness (QED) is 0.0262. The third-order valence-electron chi connectivity index (χ3n) is 11.1. The first-order chi connectivity index (χ1) is 34.0. The molecule has 388 valence electrons. The van der Waals surface area contributed by atoms with Crippen molar-refractivity contribution >= 4 is 17.9 Å². The van der Waals surface area contributed by atoms with Crippen molar-refractivity contribution in [2.45, 2.75) is 232 Å². The summed E-state index contributed by atoms with van der Waals surface area (Å²) < 4.78 is 16.8. The largest absolute Gasteiger partial charge is 0.462 e. The van der Waals surface area contributed by atoms with E-state index in [9.17, 15) is 14.4 Å². The third kappa shape index (κ3) is 54.4. The number of carbonyl (C=O) groups excluding carboxylic acids is 3. The molecule has 0 amide bonds. The van der Waals surface area contributed by atoms with Crippen LogP contribution in [0.15, 0.2) is 134 Å². The van der Waals surface area contributed by atoms with E-state index >= 15 is 0 Å². The molecule has 0 aromatic rings. The van der Waals surface area contributed by atoms with Crippen LogP contribution in [-0.2, 0) is 28.6 Å². The molecule has 0 aliphatic carbocycles. The predicted octanol–water partition coefficient (Wildman–Crippen LogP) is 18.6. The fourth-order valence-electron chi connectivity index (χ4n) is 7.02. The number of allylic oxidation sites excluding steroid dienone is 22. The lowest BCUT2D eigenvalue weighted by atomic mass is 10.1. The highest BCUT2D eigenvalue weighted by atomic mass is 16.6. The van der Waals surface area contributed by atoms with Crippen molar-refractivity contribution in [3.63, 3.8) is 0 Å². The molecular weight excluding hydrogens is 853 g/mol. The molecule has 0 aliphatic heterocycles. The van der Waals surface area contributed by atoms with E-state index in [1.165, 1.54) is 25.7 Å². The Hall–Kier alpha value is -4.45. The first kappa shape index (κ1) is 64.5. The number of ether oxygens (including phenoxy) is 3. The molecule has 69 heavy (non-hydrogen) atoms. The summed E-state index contributed by atoms with van der Waals surface area (Å²) in [7, 11) is 0. The Morgan fingerprint density at radius 3 is 0.899 bits per heavy atom. The van der Waals surface area contributed by atoms with Gasteiger partial charge in [0.05, 0.1) is 0 Å². The maximum Gasteiger partial charge on any atom is 0.306 e. The molecule has 0 rings (SSSR count). The van der Waals surface area contributed by atoms with Crippen molar-refractivity contribution in [2.75, 3.05) is 13.2 Å². The van der Waals surface area contributed by atoms with Crippen LogP contribution in [0.4, 0.5) is 0 Å². The van der Waals surface area contributed by atoms with Crippen molar-refractivity contribution < 1.29 is 28.6 Å². The Morgan fingerprint density at radius 1 is 0.304 bits per heavy atom. The van der Waals surface area contributed by atoms with E-state index in [0.717, 1.165) is 154 Å². The lowest BCUT2D eigenvalue weighted by Crippen LogP contribution is -2.30. The molecule has 0 aromatic heterocycles. The number of hydrogen-bond acceptors (Lipinski definition) is 6. The number of rotatable bonds is 48. The Labute approximate surface area is 424 Å². The lowest BCUT2D eigenvalue weighted by molar-refractivity contribution is -0.167. The topological polar surface area (TPSA) is 78.9 Å². The van der Waals surface area contributed by atoms with Crippen LogP contribution in [0.25, 0.3) is 0 Å². The molecule has 6 nitrogen and oxygen atoms in total. The van der Waals surface area contributed by atoms with Gasteiger partial charge in [-0.05, 0) is 135 Å². The van der Waals surface area contributed by atoms with Crippen LogP contribution in [0.2, 0.25) is 0 Å². The van der Waals surface area contributed by atoms with Gasteiger partial charge >= 0.3 is 17.9 Å². The van der Waals surface area contributed by atoms with Crippen LogP contribution in [0.1, 0.15) is 226 Å². The second-order valence-electron chi connectivity index (χ2n) is 17.7. The van der Waals surface area contributed by atoms with Crippen LogP contribution < -0.4 is 0 Å². The van der Waals surface area contributed by atoms with E-state index in [1.807, 2.05) is 0 Å².